The van der Waals surface area contributed by atoms with Gasteiger partial charge in [0.2, 0.25) is 0 Å². The molecule has 3 aromatic rings. The highest BCUT2D eigenvalue weighted by Gasteiger charge is 2.36. The normalized spacial score (nSPS) is 18.4. The number of aryl methyl sites for hydroxylation is 1. The molecule has 1 aliphatic rings. The molecule has 2 aromatic carbocycles. The van der Waals surface area contributed by atoms with E-state index < -0.39 is 15.9 Å². The molecule has 0 unspecified atom stereocenters. The standard InChI is InChI=1S/C21H20FNO4S/c1-14-18-4-2-3-5-19(18)27-20(14)21(24)23(17-10-11-28(25,26)13-17)12-15-6-8-16(22)9-7-15/h2-9,17H,10-13H2,1H3/t17-/m0/s1. The molecule has 1 fully saturated rings. The quantitative estimate of drug-likeness (QED) is 0.668. The summed E-state index contributed by atoms with van der Waals surface area (Å²) in [5, 5.41) is 0.853. The predicted molar refractivity (Wildman–Crippen MR) is 104 cm³/mol. The zero-order valence-electron chi connectivity index (χ0n) is 15.4. The van der Waals surface area contributed by atoms with Gasteiger partial charge in [-0.3, -0.25) is 4.79 Å². The fraction of sp³-hybridized carbons (Fsp3) is 0.286. The molecule has 5 nitrogen and oxygen atoms in total. The first-order valence-electron chi connectivity index (χ1n) is 9.08. The summed E-state index contributed by atoms with van der Waals surface area (Å²) in [4.78, 5) is 14.9. The van der Waals surface area contributed by atoms with Gasteiger partial charge in [-0.2, -0.15) is 0 Å². The van der Waals surface area contributed by atoms with Crippen molar-refractivity contribution in [2.45, 2.75) is 25.9 Å². The molecule has 1 atom stereocenters. The molecule has 0 bridgehead atoms. The van der Waals surface area contributed by atoms with E-state index in [0.29, 0.717) is 12.0 Å². The second-order valence-corrected chi connectivity index (χ2v) is 9.40. The van der Waals surface area contributed by atoms with Gasteiger partial charge >= 0.3 is 0 Å². The Morgan fingerprint density at radius 2 is 1.89 bits per heavy atom. The maximum atomic E-state index is 13.4. The van der Waals surface area contributed by atoms with E-state index in [0.717, 1.165) is 16.5 Å². The summed E-state index contributed by atoms with van der Waals surface area (Å²) >= 11 is 0. The number of carbonyl (C=O) groups is 1. The number of para-hydroxylation sites is 1. The van der Waals surface area contributed by atoms with E-state index in [1.165, 1.54) is 12.1 Å². The Morgan fingerprint density at radius 1 is 1.18 bits per heavy atom. The van der Waals surface area contributed by atoms with Crippen LogP contribution in [0.4, 0.5) is 4.39 Å². The smallest absolute Gasteiger partial charge is 0.290 e. The number of benzene rings is 2. The zero-order chi connectivity index (χ0) is 19.9. The Morgan fingerprint density at radius 3 is 2.54 bits per heavy atom. The first kappa shape index (κ1) is 18.7. The Balaban J connectivity index is 1.72. The van der Waals surface area contributed by atoms with Crippen LogP contribution in [0.25, 0.3) is 11.0 Å². The van der Waals surface area contributed by atoms with Crippen LogP contribution < -0.4 is 0 Å². The first-order valence-corrected chi connectivity index (χ1v) is 10.9. The van der Waals surface area contributed by atoms with Gasteiger partial charge < -0.3 is 9.32 Å². The number of rotatable bonds is 4. The lowest BCUT2D eigenvalue weighted by Crippen LogP contribution is -2.40. The Labute approximate surface area is 162 Å². The number of halogens is 1. The van der Waals surface area contributed by atoms with E-state index in [-0.39, 0.29) is 35.5 Å². The number of furan rings is 1. The molecule has 4 rings (SSSR count). The highest BCUT2D eigenvalue weighted by Crippen LogP contribution is 2.29. The highest BCUT2D eigenvalue weighted by atomic mass is 32.2. The van der Waals surface area contributed by atoms with Crippen molar-refractivity contribution in [2.24, 2.45) is 0 Å². The van der Waals surface area contributed by atoms with Crippen molar-refractivity contribution >= 4 is 26.7 Å². The molecule has 0 aliphatic carbocycles. The second kappa shape index (κ2) is 7.05. The molecule has 0 N–H and O–H groups in total. The molecule has 2 heterocycles. The van der Waals surface area contributed by atoms with Crippen LogP contribution in [0, 0.1) is 12.7 Å². The van der Waals surface area contributed by atoms with Crippen LogP contribution in [0.15, 0.2) is 52.9 Å². The van der Waals surface area contributed by atoms with Crippen LogP contribution in [0.3, 0.4) is 0 Å². The second-order valence-electron chi connectivity index (χ2n) is 7.17. The van der Waals surface area contributed by atoms with E-state index in [1.807, 2.05) is 25.1 Å². The Kier molecular flexibility index (Phi) is 4.71. The summed E-state index contributed by atoms with van der Waals surface area (Å²) in [5.74, 6) is -0.505. The van der Waals surface area contributed by atoms with Gasteiger partial charge in [-0.05, 0) is 37.1 Å². The van der Waals surface area contributed by atoms with Gasteiger partial charge in [-0.25, -0.2) is 12.8 Å². The van der Waals surface area contributed by atoms with E-state index in [4.69, 9.17) is 4.42 Å². The van der Waals surface area contributed by atoms with Crippen molar-refractivity contribution in [2.75, 3.05) is 11.5 Å². The average Bonchev–Trinajstić information content (AvgIpc) is 3.20. The van der Waals surface area contributed by atoms with Crippen LogP contribution in [-0.4, -0.2) is 36.8 Å². The number of hydrogen-bond donors (Lipinski definition) is 0. The van der Waals surface area contributed by atoms with Crippen molar-refractivity contribution in [3.05, 3.63) is 71.2 Å². The summed E-state index contributed by atoms with van der Waals surface area (Å²) in [7, 11) is -3.17. The minimum atomic E-state index is -3.17. The van der Waals surface area contributed by atoms with E-state index in [1.54, 1.807) is 23.1 Å². The van der Waals surface area contributed by atoms with Gasteiger partial charge in [0.1, 0.15) is 11.4 Å². The zero-order valence-corrected chi connectivity index (χ0v) is 16.2. The summed E-state index contributed by atoms with van der Waals surface area (Å²) < 4.78 is 43.1. The van der Waals surface area contributed by atoms with Gasteiger partial charge in [-0.15, -0.1) is 0 Å². The third-order valence-corrected chi connectivity index (χ3v) is 6.96. The van der Waals surface area contributed by atoms with Gasteiger partial charge in [0.25, 0.3) is 5.91 Å². The topological polar surface area (TPSA) is 67.6 Å². The maximum Gasteiger partial charge on any atom is 0.290 e. The molecule has 0 radical (unpaired) electrons. The minimum absolute atomic E-state index is 0.0595. The lowest BCUT2D eigenvalue weighted by molar-refractivity contribution is 0.0649. The third kappa shape index (κ3) is 3.54. The molecule has 1 aliphatic heterocycles. The van der Waals surface area contributed by atoms with Crippen molar-refractivity contribution < 1.29 is 22.0 Å². The molecular formula is C21H20FNO4S. The summed E-state index contributed by atoms with van der Waals surface area (Å²) in [5.41, 5.74) is 2.07. The Bertz CT molecular complexity index is 1130. The number of carbonyl (C=O) groups excluding carboxylic acids is 1. The SMILES string of the molecule is Cc1c(C(=O)N(Cc2ccc(F)cc2)[C@H]2CCS(=O)(=O)C2)oc2ccccc12. The summed E-state index contributed by atoms with van der Waals surface area (Å²) in [6, 6.07) is 12.8. The molecular weight excluding hydrogens is 381 g/mol. The number of hydrogen-bond acceptors (Lipinski definition) is 4. The van der Waals surface area contributed by atoms with Crippen LogP contribution in [0.2, 0.25) is 0 Å². The molecule has 0 saturated carbocycles. The van der Waals surface area contributed by atoms with Gasteiger partial charge in [0, 0.05) is 23.5 Å². The molecule has 1 saturated heterocycles. The first-order chi connectivity index (χ1) is 13.3. The molecule has 7 heteroatoms. The Hall–Kier alpha value is -2.67. The number of sulfone groups is 1. The van der Waals surface area contributed by atoms with Gasteiger partial charge in [0.15, 0.2) is 15.6 Å². The van der Waals surface area contributed by atoms with Crippen molar-refractivity contribution in [3.63, 3.8) is 0 Å². The van der Waals surface area contributed by atoms with Gasteiger partial charge in [0.05, 0.1) is 11.5 Å². The van der Waals surface area contributed by atoms with E-state index in [9.17, 15) is 17.6 Å². The number of amides is 1. The van der Waals surface area contributed by atoms with Crippen LogP contribution in [0.1, 0.15) is 28.1 Å². The maximum absolute atomic E-state index is 13.4. The summed E-state index contributed by atoms with van der Waals surface area (Å²) in [6.45, 7) is 2.01. The van der Waals surface area contributed by atoms with E-state index >= 15 is 0 Å². The van der Waals surface area contributed by atoms with Crippen molar-refractivity contribution in [1.82, 2.24) is 4.90 Å². The molecule has 1 aromatic heterocycles. The molecule has 28 heavy (non-hydrogen) atoms. The van der Waals surface area contributed by atoms with Crippen molar-refractivity contribution in [3.8, 4) is 0 Å². The summed E-state index contributed by atoms with van der Waals surface area (Å²) in [6.07, 6.45) is 0.383. The minimum Gasteiger partial charge on any atom is -0.451 e. The molecule has 146 valence electrons. The average molecular weight is 401 g/mol. The lowest BCUT2D eigenvalue weighted by Gasteiger charge is -2.28. The predicted octanol–water partition coefficient (Wildman–Crippen LogP) is 3.71. The van der Waals surface area contributed by atoms with E-state index in [2.05, 4.69) is 0 Å². The monoisotopic (exact) mass is 401 g/mol. The highest BCUT2D eigenvalue weighted by molar-refractivity contribution is 7.91. The largest absolute Gasteiger partial charge is 0.451 e. The van der Waals surface area contributed by atoms with Crippen LogP contribution in [0.5, 0.6) is 0 Å². The van der Waals surface area contributed by atoms with Gasteiger partial charge in [-0.1, -0.05) is 30.3 Å². The van der Waals surface area contributed by atoms with Crippen molar-refractivity contribution in [1.29, 1.82) is 0 Å². The van der Waals surface area contributed by atoms with Crippen LogP contribution >= 0.6 is 0 Å². The molecule has 1 amide bonds. The number of nitrogens with zero attached hydrogens (tertiary/aromatic N) is 1. The number of fused-ring (bicyclic) bond motifs is 1. The lowest BCUT2D eigenvalue weighted by atomic mass is 10.1. The molecule has 0 spiro atoms. The fourth-order valence-corrected chi connectivity index (χ4v) is 5.41. The fourth-order valence-electron chi connectivity index (χ4n) is 3.68. The third-order valence-electron chi connectivity index (χ3n) is 5.21. The van der Waals surface area contributed by atoms with Crippen LogP contribution in [-0.2, 0) is 16.4 Å².